The van der Waals surface area contributed by atoms with Crippen LogP contribution in [0.3, 0.4) is 0 Å². The van der Waals surface area contributed by atoms with Crippen molar-refractivity contribution in [2.45, 2.75) is 68.3 Å². The second-order valence-corrected chi connectivity index (χ2v) is 10.3. The van der Waals surface area contributed by atoms with Gasteiger partial charge in [-0.2, -0.15) is 0 Å². The van der Waals surface area contributed by atoms with Gasteiger partial charge in [0.1, 0.15) is 11.9 Å². The van der Waals surface area contributed by atoms with E-state index in [1.807, 2.05) is 36.0 Å². The van der Waals surface area contributed by atoms with Crippen LogP contribution in [0.15, 0.2) is 52.9 Å². The minimum atomic E-state index is -0.626. The number of ether oxygens (including phenoxy) is 1. The lowest BCUT2D eigenvalue weighted by Crippen LogP contribution is -2.33. The molecule has 30 heavy (non-hydrogen) atoms. The first-order valence-corrected chi connectivity index (χ1v) is 11.2. The summed E-state index contributed by atoms with van der Waals surface area (Å²) in [5.74, 6) is -0.536. The Labute approximate surface area is 181 Å². The lowest BCUT2D eigenvalue weighted by molar-refractivity contribution is -0.160. The van der Waals surface area contributed by atoms with Crippen molar-refractivity contribution >= 4 is 23.3 Å². The highest BCUT2D eigenvalue weighted by Crippen LogP contribution is 2.52. The molecule has 1 fully saturated rings. The zero-order chi connectivity index (χ0) is 21.5. The van der Waals surface area contributed by atoms with Crippen molar-refractivity contribution < 1.29 is 19.0 Å². The van der Waals surface area contributed by atoms with Crippen molar-refractivity contribution in [3.63, 3.8) is 0 Å². The standard InChI is InChI=1S/C25H27FO3S/c1-15-12-16(8-11-21(15)26)24-19-6-4-5-7-22(19)30-25(2,3)20(24)10-9-18-13-17(27)14-23(28)29-18/h4-8,11-12,17-18,27H,9-10,13-14H2,1-3H3. The molecule has 0 amide bonds. The SMILES string of the molecule is Cc1cc(C2=C(CCC3CC(O)CC(=O)O3)C(C)(C)Sc3ccccc32)ccc1F. The lowest BCUT2D eigenvalue weighted by atomic mass is 9.83. The first-order chi connectivity index (χ1) is 14.2. The molecule has 5 heteroatoms. The number of aliphatic hydroxyl groups excluding tert-OH is 1. The molecule has 4 rings (SSSR count). The fourth-order valence-corrected chi connectivity index (χ4v) is 5.77. The van der Waals surface area contributed by atoms with Gasteiger partial charge in [0.15, 0.2) is 0 Å². The van der Waals surface area contributed by atoms with Crippen LogP contribution in [0.5, 0.6) is 0 Å². The van der Waals surface area contributed by atoms with Crippen LogP contribution >= 0.6 is 11.8 Å². The van der Waals surface area contributed by atoms with E-state index < -0.39 is 6.10 Å². The Hall–Kier alpha value is -2.11. The van der Waals surface area contributed by atoms with Crippen molar-refractivity contribution in [1.29, 1.82) is 0 Å². The van der Waals surface area contributed by atoms with Crippen LogP contribution in [-0.4, -0.2) is 28.0 Å². The Morgan fingerprint density at radius 3 is 2.73 bits per heavy atom. The number of esters is 1. The summed E-state index contributed by atoms with van der Waals surface area (Å²) >= 11 is 1.83. The van der Waals surface area contributed by atoms with Gasteiger partial charge in [0.25, 0.3) is 0 Å². The Morgan fingerprint density at radius 1 is 1.23 bits per heavy atom. The van der Waals surface area contributed by atoms with E-state index in [1.165, 1.54) is 16.5 Å². The van der Waals surface area contributed by atoms with Crippen LogP contribution in [0.25, 0.3) is 5.57 Å². The topological polar surface area (TPSA) is 46.5 Å². The van der Waals surface area contributed by atoms with Gasteiger partial charge in [-0.15, -0.1) is 11.8 Å². The van der Waals surface area contributed by atoms with Crippen molar-refractivity contribution in [2.24, 2.45) is 0 Å². The molecule has 0 bridgehead atoms. The molecule has 2 unspecified atom stereocenters. The van der Waals surface area contributed by atoms with Gasteiger partial charge < -0.3 is 9.84 Å². The molecule has 1 saturated heterocycles. The predicted octanol–water partition coefficient (Wildman–Crippen LogP) is 5.67. The fraction of sp³-hybridized carbons (Fsp3) is 0.400. The summed E-state index contributed by atoms with van der Waals surface area (Å²) < 4.78 is 19.3. The van der Waals surface area contributed by atoms with E-state index in [2.05, 4.69) is 26.0 Å². The summed E-state index contributed by atoms with van der Waals surface area (Å²) in [7, 11) is 0. The highest BCUT2D eigenvalue weighted by molar-refractivity contribution is 8.01. The third kappa shape index (κ3) is 4.19. The van der Waals surface area contributed by atoms with E-state index >= 15 is 0 Å². The van der Waals surface area contributed by atoms with Crippen LogP contribution in [0.4, 0.5) is 4.39 Å². The van der Waals surface area contributed by atoms with Gasteiger partial charge in [0.2, 0.25) is 0 Å². The van der Waals surface area contributed by atoms with E-state index in [4.69, 9.17) is 4.74 Å². The molecule has 2 heterocycles. The number of thioether (sulfide) groups is 1. The molecule has 1 N–H and O–H groups in total. The molecule has 2 aromatic rings. The number of halogens is 1. The highest BCUT2D eigenvalue weighted by Gasteiger charge is 2.36. The predicted molar refractivity (Wildman–Crippen MR) is 118 cm³/mol. The van der Waals surface area contributed by atoms with Crippen molar-refractivity contribution in [2.75, 3.05) is 0 Å². The maximum absolute atomic E-state index is 14.0. The van der Waals surface area contributed by atoms with E-state index in [0.717, 1.165) is 23.1 Å². The first-order valence-electron chi connectivity index (χ1n) is 10.4. The average molecular weight is 427 g/mol. The smallest absolute Gasteiger partial charge is 0.308 e. The third-order valence-corrected chi connectivity index (χ3v) is 7.28. The van der Waals surface area contributed by atoms with E-state index in [1.54, 1.807) is 6.92 Å². The molecular weight excluding hydrogens is 399 g/mol. The average Bonchev–Trinajstić information content (AvgIpc) is 2.67. The summed E-state index contributed by atoms with van der Waals surface area (Å²) in [6, 6.07) is 13.6. The zero-order valence-corrected chi connectivity index (χ0v) is 18.4. The maximum atomic E-state index is 14.0. The Balaban J connectivity index is 1.77. The van der Waals surface area contributed by atoms with E-state index in [0.29, 0.717) is 18.4 Å². The van der Waals surface area contributed by atoms with Crippen LogP contribution < -0.4 is 0 Å². The quantitative estimate of drug-likeness (QED) is 0.640. The molecule has 2 aromatic carbocycles. The van der Waals surface area contributed by atoms with Gasteiger partial charge in [-0.1, -0.05) is 24.3 Å². The summed E-state index contributed by atoms with van der Waals surface area (Å²) in [5.41, 5.74) is 5.18. The first kappa shape index (κ1) is 21.1. The van der Waals surface area contributed by atoms with Gasteiger partial charge in [0, 0.05) is 16.1 Å². The Bertz CT molecular complexity index is 1010. The molecule has 0 saturated carbocycles. The molecule has 0 aliphatic carbocycles. The van der Waals surface area contributed by atoms with Crippen molar-refractivity contribution in [3.05, 3.63) is 70.5 Å². The molecule has 0 radical (unpaired) electrons. The molecule has 2 aliphatic rings. The van der Waals surface area contributed by atoms with Crippen molar-refractivity contribution in [1.82, 2.24) is 0 Å². The van der Waals surface area contributed by atoms with Crippen LogP contribution in [0.2, 0.25) is 0 Å². The number of hydrogen-bond donors (Lipinski definition) is 1. The summed E-state index contributed by atoms with van der Waals surface area (Å²) in [5, 5.41) is 9.95. The van der Waals surface area contributed by atoms with Gasteiger partial charge >= 0.3 is 5.97 Å². The molecule has 0 aromatic heterocycles. The molecule has 158 valence electrons. The second-order valence-electron chi connectivity index (χ2n) is 8.67. The fourth-order valence-electron chi connectivity index (χ4n) is 4.46. The molecule has 2 atom stereocenters. The molecule has 2 aliphatic heterocycles. The van der Waals surface area contributed by atoms with Gasteiger partial charge in [-0.3, -0.25) is 4.79 Å². The summed E-state index contributed by atoms with van der Waals surface area (Å²) in [6.07, 6.45) is 1.06. The number of aryl methyl sites for hydroxylation is 1. The third-order valence-electron chi connectivity index (χ3n) is 5.95. The number of fused-ring (bicyclic) bond motifs is 1. The second kappa shape index (κ2) is 8.20. The number of carbonyl (C=O) groups is 1. The number of cyclic esters (lactones) is 1. The molecule has 3 nitrogen and oxygen atoms in total. The largest absolute Gasteiger partial charge is 0.462 e. The van der Waals surface area contributed by atoms with Crippen molar-refractivity contribution in [3.8, 4) is 0 Å². The monoisotopic (exact) mass is 426 g/mol. The number of rotatable bonds is 4. The Morgan fingerprint density at radius 2 is 2.00 bits per heavy atom. The zero-order valence-electron chi connectivity index (χ0n) is 17.6. The Kier molecular flexibility index (Phi) is 5.78. The van der Waals surface area contributed by atoms with Gasteiger partial charge in [-0.05, 0) is 79.6 Å². The number of carbonyl (C=O) groups excluding carboxylic acids is 1. The number of aliphatic hydroxyl groups is 1. The van der Waals surface area contributed by atoms with Gasteiger partial charge in [0.05, 0.1) is 12.5 Å². The molecule has 0 spiro atoms. The van der Waals surface area contributed by atoms with Crippen LogP contribution in [0.1, 0.15) is 56.2 Å². The summed E-state index contributed by atoms with van der Waals surface area (Å²) in [6.45, 7) is 6.21. The summed E-state index contributed by atoms with van der Waals surface area (Å²) in [4.78, 5) is 13.0. The minimum Gasteiger partial charge on any atom is -0.462 e. The van der Waals surface area contributed by atoms with Crippen LogP contribution in [-0.2, 0) is 9.53 Å². The lowest BCUT2D eigenvalue weighted by Gasteiger charge is -2.37. The normalized spacial score (nSPS) is 23.2. The van der Waals surface area contributed by atoms with Crippen LogP contribution in [0, 0.1) is 12.7 Å². The van der Waals surface area contributed by atoms with E-state index in [-0.39, 0.29) is 29.1 Å². The van der Waals surface area contributed by atoms with Gasteiger partial charge in [-0.25, -0.2) is 4.39 Å². The molecular formula is C25H27FO3S. The number of hydrogen-bond acceptors (Lipinski definition) is 4. The highest BCUT2D eigenvalue weighted by atomic mass is 32.2. The number of benzene rings is 2. The minimum absolute atomic E-state index is 0.0774. The van der Waals surface area contributed by atoms with E-state index in [9.17, 15) is 14.3 Å². The maximum Gasteiger partial charge on any atom is 0.308 e.